The second-order valence-electron chi connectivity index (χ2n) is 9.63. The van der Waals surface area contributed by atoms with Crippen molar-refractivity contribution in [3.8, 4) is 5.69 Å². The van der Waals surface area contributed by atoms with E-state index in [1.54, 1.807) is 17.0 Å². The van der Waals surface area contributed by atoms with Crippen molar-refractivity contribution < 1.29 is 13.2 Å². The van der Waals surface area contributed by atoms with E-state index in [1.165, 1.54) is 16.7 Å². The number of aromatic nitrogens is 2. The van der Waals surface area contributed by atoms with Crippen LogP contribution < -0.4 is 16.2 Å². The number of benzene rings is 2. The molecule has 2 aliphatic heterocycles. The van der Waals surface area contributed by atoms with Gasteiger partial charge >= 0.3 is 0 Å². The van der Waals surface area contributed by atoms with Gasteiger partial charge in [-0.15, -0.1) is 0 Å². The minimum absolute atomic E-state index is 0.000915. The highest BCUT2D eigenvalue weighted by Crippen LogP contribution is 2.28. The van der Waals surface area contributed by atoms with Crippen molar-refractivity contribution in [1.29, 1.82) is 0 Å². The van der Waals surface area contributed by atoms with Gasteiger partial charge in [0.1, 0.15) is 6.04 Å². The van der Waals surface area contributed by atoms with Crippen molar-refractivity contribution in [1.82, 2.24) is 14.5 Å². The van der Waals surface area contributed by atoms with Crippen LogP contribution in [0.3, 0.4) is 0 Å². The minimum atomic E-state index is -3.36. The average molecular weight is 508 g/mol. The number of carbonyl (C=O) groups is 1. The van der Waals surface area contributed by atoms with Crippen LogP contribution >= 0.6 is 0 Å². The van der Waals surface area contributed by atoms with Crippen LogP contribution in [0, 0.1) is 0 Å². The van der Waals surface area contributed by atoms with Gasteiger partial charge in [-0.2, -0.15) is 0 Å². The highest BCUT2D eigenvalue weighted by Gasteiger charge is 2.33. The lowest BCUT2D eigenvalue weighted by Crippen LogP contribution is -2.46. The first-order valence-electron chi connectivity index (χ1n) is 12.0. The number of hydrogen-bond acceptors (Lipinski definition) is 7. The van der Waals surface area contributed by atoms with Crippen LogP contribution in [0.5, 0.6) is 0 Å². The van der Waals surface area contributed by atoms with Gasteiger partial charge in [0.2, 0.25) is 11.9 Å². The maximum Gasteiger partial charge on any atom is 0.263 e. The fraction of sp³-hybridized carbons (Fsp3) is 0.346. The molecule has 0 fully saturated rings. The van der Waals surface area contributed by atoms with E-state index in [4.69, 9.17) is 4.98 Å². The zero-order valence-electron chi connectivity index (χ0n) is 20.5. The molecule has 9 nitrogen and oxygen atoms in total. The van der Waals surface area contributed by atoms with Gasteiger partial charge in [-0.1, -0.05) is 18.2 Å². The molecule has 3 aromatic rings. The first kappa shape index (κ1) is 24.1. The number of amides is 1. The Labute approximate surface area is 210 Å². The number of fused-ring (bicyclic) bond motifs is 2. The van der Waals surface area contributed by atoms with Crippen molar-refractivity contribution in [2.45, 2.75) is 50.2 Å². The van der Waals surface area contributed by atoms with Gasteiger partial charge in [0.25, 0.3) is 5.56 Å². The monoisotopic (exact) mass is 507 g/mol. The number of nitrogens with one attached hydrogen (secondary N) is 2. The number of anilines is 2. The summed E-state index contributed by atoms with van der Waals surface area (Å²) in [4.78, 5) is 33.7. The third-order valence-electron chi connectivity index (χ3n) is 6.56. The summed E-state index contributed by atoms with van der Waals surface area (Å²) in [6.07, 6.45) is 2.18. The third kappa shape index (κ3) is 4.48. The Morgan fingerprint density at radius 2 is 1.86 bits per heavy atom. The molecule has 0 radical (unpaired) electrons. The highest BCUT2D eigenvalue weighted by atomic mass is 32.2. The van der Waals surface area contributed by atoms with Gasteiger partial charge < -0.3 is 15.5 Å². The summed E-state index contributed by atoms with van der Waals surface area (Å²) in [5, 5.41) is 6.55. The second kappa shape index (κ2) is 9.09. The lowest BCUT2D eigenvalue weighted by molar-refractivity contribution is -0.132. The average Bonchev–Trinajstić information content (AvgIpc) is 3.27. The van der Waals surface area contributed by atoms with Gasteiger partial charge in [-0.05, 0) is 56.2 Å². The Morgan fingerprint density at radius 1 is 1.14 bits per heavy atom. The first-order valence-corrected chi connectivity index (χ1v) is 13.9. The molecule has 0 bridgehead atoms. The Bertz CT molecular complexity index is 1470. The van der Waals surface area contributed by atoms with E-state index >= 15 is 0 Å². The van der Waals surface area contributed by atoms with Crippen LogP contribution in [0.25, 0.3) is 5.69 Å². The van der Waals surface area contributed by atoms with Gasteiger partial charge in [-0.3, -0.25) is 9.59 Å². The number of carbonyl (C=O) groups excluding carboxylic acids is 1. The molecule has 5 rings (SSSR count). The zero-order chi connectivity index (χ0) is 25.6. The molecular weight excluding hydrogens is 478 g/mol. The predicted molar refractivity (Wildman–Crippen MR) is 138 cm³/mol. The molecule has 2 aliphatic rings. The van der Waals surface area contributed by atoms with Gasteiger partial charge in [-0.25, -0.2) is 18.0 Å². The third-order valence-corrected chi connectivity index (χ3v) is 7.68. The Hall–Kier alpha value is -3.66. The van der Waals surface area contributed by atoms with E-state index in [0.717, 1.165) is 17.5 Å². The molecule has 10 heteroatoms. The normalized spacial score (nSPS) is 16.9. The number of nitrogens with zero attached hydrogens (tertiary/aromatic N) is 3. The summed E-state index contributed by atoms with van der Waals surface area (Å²) in [6.45, 7) is 4.59. The number of para-hydroxylation sites is 1. The molecule has 1 atom stereocenters. The fourth-order valence-corrected chi connectivity index (χ4v) is 5.41. The lowest BCUT2D eigenvalue weighted by atomic mass is 10.0. The molecule has 2 N–H and O–H groups in total. The number of sulfone groups is 1. The van der Waals surface area contributed by atoms with Gasteiger partial charge in [0.05, 0.1) is 22.8 Å². The van der Waals surface area contributed by atoms with Gasteiger partial charge in [0.15, 0.2) is 9.84 Å². The van der Waals surface area contributed by atoms with E-state index in [9.17, 15) is 18.0 Å². The maximum atomic E-state index is 13.6. The molecule has 36 heavy (non-hydrogen) atoms. The lowest BCUT2D eigenvalue weighted by Gasteiger charge is -2.31. The molecule has 2 aromatic carbocycles. The minimum Gasteiger partial charge on any atom is -0.373 e. The fourth-order valence-electron chi connectivity index (χ4n) is 4.78. The van der Waals surface area contributed by atoms with Crippen LogP contribution in [-0.2, 0) is 34.0 Å². The molecule has 1 unspecified atom stereocenters. The van der Waals surface area contributed by atoms with E-state index in [1.807, 2.05) is 38.1 Å². The van der Waals surface area contributed by atoms with Crippen molar-refractivity contribution in [3.63, 3.8) is 0 Å². The van der Waals surface area contributed by atoms with Crippen molar-refractivity contribution in [2.24, 2.45) is 0 Å². The molecular formula is C26H29N5O4S. The van der Waals surface area contributed by atoms with E-state index in [0.29, 0.717) is 42.3 Å². The highest BCUT2D eigenvalue weighted by molar-refractivity contribution is 7.90. The van der Waals surface area contributed by atoms with Crippen LogP contribution in [-0.4, -0.2) is 53.7 Å². The summed E-state index contributed by atoms with van der Waals surface area (Å²) in [7, 11) is -3.36. The maximum absolute atomic E-state index is 13.6. The van der Waals surface area contributed by atoms with Crippen molar-refractivity contribution in [3.05, 3.63) is 75.7 Å². The molecule has 0 saturated heterocycles. The zero-order valence-corrected chi connectivity index (χ0v) is 21.3. The van der Waals surface area contributed by atoms with Crippen LogP contribution in [0.15, 0.2) is 58.2 Å². The summed E-state index contributed by atoms with van der Waals surface area (Å²) < 4.78 is 25.2. The van der Waals surface area contributed by atoms with Crippen molar-refractivity contribution in [2.75, 3.05) is 23.4 Å². The van der Waals surface area contributed by atoms with Gasteiger partial charge in [0, 0.05) is 36.5 Å². The summed E-state index contributed by atoms with van der Waals surface area (Å²) in [6, 6.07) is 13.8. The quantitative estimate of drug-likeness (QED) is 0.545. The van der Waals surface area contributed by atoms with Crippen LogP contribution in [0.2, 0.25) is 0 Å². The predicted octanol–water partition coefficient (Wildman–Crippen LogP) is 2.38. The molecule has 0 aliphatic carbocycles. The SMILES string of the molecule is CC(C)Nc1nc2c(c(=O)n1-c1ccc(S(C)(=O)=O)cc1)CCN(C(=O)C1Cc3ccccc3N1)C2. The largest absolute Gasteiger partial charge is 0.373 e. The summed E-state index contributed by atoms with van der Waals surface area (Å²) in [5.41, 5.74) is 3.58. The Morgan fingerprint density at radius 3 is 2.53 bits per heavy atom. The van der Waals surface area contributed by atoms with E-state index in [2.05, 4.69) is 10.6 Å². The van der Waals surface area contributed by atoms with Crippen LogP contribution in [0.1, 0.15) is 30.7 Å². The number of rotatable bonds is 5. The Kier molecular flexibility index (Phi) is 6.07. The topological polar surface area (TPSA) is 113 Å². The Balaban J connectivity index is 1.46. The van der Waals surface area contributed by atoms with Crippen LogP contribution in [0.4, 0.5) is 11.6 Å². The molecule has 188 valence electrons. The smallest absolute Gasteiger partial charge is 0.263 e. The number of hydrogen-bond donors (Lipinski definition) is 2. The standard InChI is InChI=1S/C26H29N5O4S/c1-16(2)27-26-29-23-15-30(25(33)22-14-17-6-4-5-7-21(17)28-22)13-12-20(23)24(32)31(26)18-8-10-19(11-9-18)36(3,34)35/h4-11,16,22,28H,12-15H2,1-3H3,(H,27,29). The summed E-state index contributed by atoms with van der Waals surface area (Å²) in [5.74, 6) is 0.360. The van der Waals surface area contributed by atoms with Crippen molar-refractivity contribution >= 4 is 27.4 Å². The summed E-state index contributed by atoms with van der Waals surface area (Å²) >= 11 is 0. The van der Waals surface area contributed by atoms with E-state index < -0.39 is 9.84 Å². The second-order valence-corrected chi connectivity index (χ2v) is 11.7. The molecule has 3 heterocycles. The first-order chi connectivity index (χ1) is 17.1. The van der Waals surface area contributed by atoms with E-state index in [-0.39, 0.29) is 35.0 Å². The molecule has 1 aromatic heterocycles. The molecule has 0 spiro atoms. The molecule has 0 saturated carbocycles. The molecule has 1 amide bonds.